The van der Waals surface area contributed by atoms with Crippen molar-refractivity contribution in [3.05, 3.63) is 35.5 Å². The summed E-state index contributed by atoms with van der Waals surface area (Å²) in [4.78, 5) is 3.19. The normalized spacial score (nSPS) is 13.3. The molecule has 1 aromatic heterocycles. The summed E-state index contributed by atoms with van der Waals surface area (Å²) < 4.78 is 0. The van der Waals surface area contributed by atoms with E-state index >= 15 is 0 Å². The third-order valence-electron chi connectivity index (χ3n) is 2.75. The van der Waals surface area contributed by atoms with Gasteiger partial charge in [-0.2, -0.15) is 0 Å². The molecule has 0 aliphatic rings. The molecule has 2 aromatic rings. The van der Waals surface area contributed by atoms with E-state index in [-0.39, 0.29) is 0 Å². The van der Waals surface area contributed by atoms with E-state index in [2.05, 4.69) is 18.0 Å². The zero-order valence-corrected chi connectivity index (χ0v) is 8.83. The molecule has 4 N–H and O–H groups in total. The molecular formula is C12H16N2O. The molecule has 0 unspecified atom stereocenters. The molecule has 0 aliphatic carbocycles. The van der Waals surface area contributed by atoms with Crippen LogP contribution in [0.3, 0.4) is 0 Å². The van der Waals surface area contributed by atoms with Crippen LogP contribution >= 0.6 is 0 Å². The highest BCUT2D eigenvalue weighted by atomic mass is 16.3. The van der Waals surface area contributed by atoms with E-state index < -0.39 is 6.10 Å². The Hall–Kier alpha value is -1.32. The molecule has 0 amide bonds. The number of benzene rings is 1. The number of hydrogen-bond acceptors (Lipinski definition) is 2. The van der Waals surface area contributed by atoms with E-state index in [1.165, 1.54) is 5.56 Å². The minimum Gasteiger partial charge on any atom is -0.388 e. The Morgan fingerprint density at radius 1 is 1.47 bits per heavy atom. The van der Waals surface area contributed by atoms with Crippen molar-refractivity contribution in [2.24, 2.45) is 5.73 Å². The first-order chi connectivity index (χ1) is 7.24. The van der Waals surface area contributed by atoms with Gasteiger partial charge in [0.25, 0.3) is 0 Å². The van der Waals surface area contributed by atoms with E-state index in [9.17, 15) is 5.11 Å². The molecular weight excluding hydrogens is 188 g/mol. The van der Waals surface area contributed by atoms with Crippen LogP contribution in [0.2, 0.25) is 0 Å². The minimum absolute atomic E-state index is 0.467. The third kappa shape index (κ3) is 1.76. The average molecular weight is 204 g/mol. The first-order valence-electron chi connectivity index (χ1n) is 5.18. The molecule has 1 heterocycles. The number of aromatic nitrogens is 1. The first kappa shape index (κ1) is 10.2. The van der Waals surface area contributed by atoms with Crippen molar-refractivity contribution in [2.75, 3.05) is 6.54 Å². The van der Waals surface area contributed by atoms with Gasteiger partial charge in [-0.3, -0.25) is 0 Å². The summed E-state index contributed by atoms with van der Waals surface area (Å²) in [5.74, 6) is 0. The average Bonchev–Trinajstić information content (AvgIpc) is 2.63. The lowest BCUT2D eigenvalue weighted by atomic mass is 10.0. The summed E-state index contributed by atoms with van der Waals surface area (Å²) in [7, 11) is 0. The number of nitrogens with one attached hydrogen (secondary N) is 1. The summed E-state index contributed by atoms with van der Waals surface area (Å²) in [5, 5.41) is 11.0. The second kappa shape index (κ2) is 4.04. The topological polar surface area (TPSA) is 62.0 Å². The molecule has 80 valence electrons. The standard InChI is InChI=1S/C12H16N2O/c1-8-3-2-4-9-10(7-14-12(8)9)11(15)5-6-13/h2-4,7,11,14-15H,5-6,13H2,1H3/t11-/m1/s1. The highest BCUT2D eigenvalue weighted by Gasteiger charge is 2.12. The molecule has 1 aromatic carbocycles. The Balaban J connectivity index is 2.49. The second-order valence-corrected chi connectivity index (χ2v) is 3.83. The molecule has 0 spiro atoms. The number of H-pyrrole nitrogens is 1. The smallest absolute Gasteiger partial charge is 0.0822 e. The van der Waals surface area contributed by atoms with E-state index in [0.717, 1.165) is 16.5 Å². The number of aliphatic hydroxyl groups excluding tert-OH is 1. The SMILES string of the molecule is Cc1cccc2c([C@H](O)CCN)c[nH]c12. The van der Waals surface area contributed by atoms with Crippen LogP contribution in [0.4, 0.5) is 0 Å². The number of hydrogen-bond donors (Lipinski definition) is 3. The van der Waals surface area contributed by atoms with Gasteiger partial charge in [0.1, 0.15) is 0 Å². The molecule has 3 nitrogen and oxygen atoms in total. The third-order valence-corrected chi connectivity index (χ3v) is 2.75. The van der Waals surface area contributed by atoms with Gasteiger partial charge in [-0.15, -0.1) is 0 Å². The van der Waals surface area contributed by atoms with Crippen molar-refractivity contribution in [1.82, 2.24) is 4.98 Å². The van der Waals surface area contributed by atoms with Crippen molar-refractivity contribution in [2.45, 2.75) is 19.4 Å². The number of para-hydroxylation sites is 1. The molecule has 0 saturated carbocycles. The largest absolute Gasteiger partial charge is 0.388 e. The predicted molar refractivity (Wildman–Crippen MR) is 61.7 cm³/mol. The molecule has 0 radical (unpaired) electrons. The molecule has 2 rings (SSSR count). The predicted octanol–water partition coefficient (Wildman–Crippen LogP) is 1.86. The highest BCUT2D eigenvalue weighted by Crippen LogP contribution is 2.27. The first-order valence-corrected chi connectivity index (χ1v) is 5.18. The van der Waals surface area contributed by atoms with Crippen molar-refractivity contribution < 1.29 is 5.11 Å². The van der Waals surface area contributed by atoms with Crippen LogP contribution in [0.1, 0.15) is 23.7 Å². The number of rotatable bonds is 3. The Labute approximate surface area is 88.9 Å². The summed E-state index contributed by atoms with van der Waals surface area (Å²) in [6.07, 6.45) is 2.00. The van der Waals surface area contributed by atoms with E-state index in [1.54, 1.807) is 0 Å². The molecule has 3 heteroatoms. The van der Waals surface area contributed by atoms with E-state index in [1.807, 2.05) is 18.3 Å². The minimum atomic E-state index is -0.467. The van der Waals surface area contributed by atoms with Gasteiger partial charge in [-0.05, 0) is 25.5 Å². The van der Waals surface area contributed by atoms with Gasteiger partial charge >= 0.3 is 0 Å². The molecule has 1 atom stereocenters. The van der Waals surface area contributed by atoms with Crippen LogP contribution in [0, 0.1) is 6.92 Å². The lowest BCUT2D eigenvalue weighted by Gasteiger charge is -2.07. The van der Waals surface area contributed by atoms with Crippen molar-refractivity contribution in [1.29, 1.82) is 0 Å². The van der Waals surface area contributed by atoms with Gasteiger partial charge in [0.05, 0.1) is 6.10 Å². The van der Waals surface area contributed by atoms with Gasteiger partial charge in [-0.25, -0.2) is 0 Å². The maximum atomic E-state index is 9.90. The fraction of sp³-hybridized carbons (Fsp3) is 0.333. The molecule has 0 bridgehead atoms. The van der Waals surface area contributed by atoms with Crippen molar-refractivity contribution in [3.8, 4) is 0 Å². The van der Waals surface area contributed by atoms with Crippen LogP contribution < -0.4 is 5.73 Å². The summed E-state index contributed by atoms with van der Waals surface area (Å²) >= 11 is 0. The lowest BCUT2D eigenvalue weighted by molar-refractivity contribution is 0.172. The van der Waals surface area contributed by atoms with Crippen LogP contribution in [0.5, 0.6) is 0 Å². The Morgan fingerprint density at radius 2 is 2.27 bits per heavy atom. The lowest BCUT2D eigenvalue weighted by Crippen LogP contribution is -2.06. The summed E-state index contributed by atoms with van der Waals surface area (Å²) in [5.41, 5.74) is 8.68. The van der Waals surface area contributed by atoms with Crippen molar-refractivity contribution in [3.63, 3.8) is 0 Å². The monoisotopic (exact) mass is 204 g/mol. The quantitative estimate of drug-likeness (QED) is 0.714. The Bertz CT molecular complexity index is 462. The number of aromatic amines is 1. The van der Waals surface area contributed by atoms with Gasteiger partial charge in [0, 0.05) is 22.7 Å². The van der Waals surface area contributed by atoms with E-state index in [0.29, 0.717) is 13.0 Å². The maximum Gasteiger partial charge on any atom is 0.0822 e. The number of fused-ring (bicyclic) bond motifs is 1. The van der Waals surface area contributed by atoms with Crippen LogP contribution in [-0.2, 0) is 0 Å². The highest BCUT2D eigenvalue weighted by molar-refractivity contribution is 5.86. The Morgan fingerprint density at radius 3 is 3.00 bits per heavy atom. The van der Waals surface area contributed by atoms with Crippen molar-refractivity contribution >= 4 is 10.9 Å². The number of aryl methyl sites for hydroxylation is 1. The summed E-state index contributed by atoms with van der Waals surface area (Å²) in [6.45, 7) is 2.55. The fourth-order valence-electron chi connectivity index (χ4n) is 1.92. The van der Waals surface area contributed by atoms with Gasteiger partial charge in [-0.1, -0.05) is 18.2 Å². The van der Waals surface area contributed by atoms with Crippen LogP contribution in [0.15, 0.2) is 24.4 Å². The van der Waals surface area contributed by atoms with Gasteiger partial charge < -0.3 is 15.8 Å². The molecule has 0 aliphatic heterocycles. The number of aliphatic hydroxyl groups is 1. The Kier molecular flexibility index (Phi) is 2.75. The van der Waals surface area contributed by atoms with Crippen LogP contribution in [-0.4, -0.2) is 16.6 Å². The van der Waals surface area contributed by atoms with Gasteiger partial charge in [0.15, 0.2) is 0 Å². The fourth-order valence-corrected chi connectivity index (χ4v) is 1.92. The van der Waals surface area contributed by atoms with E-state index in [4.69, 9.17) is 5.73 Å². The summed E-state index contributed by atoms with van der Waals surface area (Å²) in [6, 6.07) is 6.08. The molecule has 15 heavy (non-hydrogen) atoms. The second-order valence-electron chi connectivity index (χ2n) is 3.83. The van der Waals surface area contributed by atoms with Gasteiger partial charge in [0.2, 0.25) is 0 Å². The molecule has 0 saturated heterocycles. The zero-order valence-electron chi connectivity index (χ0n) is 8.83. The van der Waals surface area contributed by atoms with Crippen LogP contribution in [0.25, 0.3) is 10.9 Å². The molecule has 0 fully saturated rings. The number of nitrogens with two attached hydrogens (primary N) is 1. The zero-order chi connectivity index (χ0) is 10.8. The maximum absolute atomic E-state index is 9.90.